The van der Waals surface area contributed by atoms with Crippen LogP contribution in [0.2, 0.25) is 0 Å². The molecule has 0 saturated carbocycles. The highest BCUT2D eigenvalue weighted by Gasteiger charge is 2.17. The molecule has 0 fully saturated rings. The normalized spacial score (nSPS) is 11.4. The molecule has 0 spiro atoms. The highest BCUT2D eigenvalue weighted by molar-refractivity contribution is 5.50. The second kappa shape index (κ2) is 3.22. The van der Waals surface area contributed by atoms with Gasteiger partial charge < -0.3 is 15.6 Å². The fourth-order valence-corrected chi connectivity index (χ4v) is 0.974. The zero-order chi connectivity index (χ0) is 10.1. The molecule has 0 saturated heterocycles. The zero-order valence-electron chi connectivity index (χ0n) is 8.03. The number of aromatic nitrogens is 1. The van der Waals surface area contributed by atoms with Crippen molar-refractivity contribution in [2.24, 2.45) is 0 Å². The average Bonchev–Trinajstić information content (AvgIpc) is 2.02. The lowest BCUT2D eigenvalue weighted by atomic mass is 10.0. The third kappa shape index (κ3) is 2.09. The fraction of sp³-hybridized carbons (Fsp3) is 0.444. The Labute approximate surface area is 77.4 Å². The smallest absolute Gasteiger partial charge is 0.236 e. The molecule has 4 heteroatoms. The van der Waals surface area contributed by atoms with Gasteiger partial charge in [0.2, 0.25) is 5.88 Å². The van der Waals surface area contributed by atoms with Crippen molar-refractivity contribution in [3.8, 4) is 5.88 Å². The molecule has 0 atom stereocenters. The first-order chi connectivity index (χ1) is 5.95. The minimum Gasteiger partial charge on any atom is -0.480 e. The number of nitrogens with zero attached hydrogens (tertiary/aromatic N) is 1. The Morgan fingerprint density at radius 1 is 1.54 bits per heavy atom. The van der Waals surface area contributed by atoms with Gasteiger partial charge in [0.1, 0.15) is 0 Å². The first-order valence-electron chi connectivity index (χ1n) is 3.97. The van der Waals surface area contributed by atoms with Crippen LogP contribution in [0.15, 0.2) is 12.3 Å². The Hall–Kier alpha value is -1.29. The van der Waals surface area contributed by atoms with Crippen LogP contribution >= 0.6 is 0 Å². The quantitative estimate of drug-likeness (QED) is 0.713. The third-order valence-corrected chi connectivity index (χ3v) is 1.78. The first-order valence-corrected chi connectivity index (χ1v) is 3.97. The molecule has 0 radical (unpaired) electrons. The summed E-state index contributed by atoms with van der Waals surface area (Å²) in [5.74, 6) is 0.382. The van der Waals surface area contributed by atoms with Gasteiger partial charge in [0.05, 0.1) is 18.4 Å². The Morgan fingerprint density at radius 2 is 2.15 bits per heavy atom. The molecule has 4 nitrogen and oxygen atoms in total. The molecule has 0 aromatic carbocycles. The summed E-state index contributed by atoms with van der Waals surface area (Å²) in [6.45, 7) is 3.35. The number of methoxy groups -OCH3 is 1. The summed E-state index contributed by atoms with van der Waals surface area (Å²) >= 11 is 0. The number of nitrogens with two attached hydrogens (primary N) is 1. The van der Waals surface area contributed by atoms with Gasteiger partial charge in [0.15, 0.2) is 0 Å². The molecule has 0 unspecified atom stereocenters. The SMILES string of the molecule is COc1ncc(C(C)(C)O)cc1N. The van der Waals surface area contributed by atoms with E-state index in [4.69, 9.17) is 10.5 Å². The minimum atomic E-state index is -0.923. The molecule has 13 heavy (non-hydrogen) atoms. The van der Waals surface area contributed by atoms with Crippen LogP contribution in [0, 0.1) is 0 Å². The number of hydrogen-bond acceptors (Lipinski definition) is 4. The third-order valence-electron chi connectivity index (χ3n) is 1.78. The number of aliphatic hydroxyl groups is 1. The molecule has 0 aliphatic rings. The van der Waals surface area contributed by atoms with Crippen molar-refractivity contribution in [2.75, 3.05) is 12.8 Å². The Bertz CT molecular complexity index is 305. The van der Waals surface area contributed by atoms with Crippen molar-refractivity contribution >= 4 is 5.69 Å². The maximum atomic E-state index is 9.64. The summed E-state index contributed by atoms with van der Waals surface area (Å²) in [7, 11) is 1.50. The zero-order valence-corrected chi connectivity index (χ0v) is 8.03. The van der Waals surface area contributed by atoms with Crippen LogP contribution in [-0.2, 0) is 5.60 Å². The highest BCUT2D eigenvalue weighted by Crippen LogP contribution is 2.25. The Morgan fingerprint density at radius 3 is 2.54 bits per heavy atom. The van der Waals surface area contributed by atoms with E-state index in [-0.39, 0.29) is 0 Å². The van der Waals surface area contributed by atoms with Gasteiger partial charge in [-0.05, 0) is 19.9 Å². The van der Waals surface area contributed by atoms with Crippen molar-refractivity contribution in [1.82, 2.24) is 4.98 Å². The maximum absolute atomic E-state index is 9.64. The van der Waals surface area contributed by atoms with Gasteiger partial charge in [0, 0.05) is 11.8 Å². The Kier molecular flexibility index (Phi) is 2.43. The molecule has 1 aromatic heterocycles. The second-order valence-corrected chi connectivity index (χ2v) is 3.38. The largest absolute Gasteiger partial charge is 0.480 e. The topological polar surface area (TPSA) is 68.4 Å². The lowest BCUT2D eigenvalue weighted by Gasteiger charge is -2.17. The summed E-state index contributed by atoms with van der Waals surface area (Å²) in [6, 6.07) is 1.66. The molecule has 1 rings (SSSR count). The summed E-state index contributed by atoms with van der Waals surface area (Å²) in [4.78, 5) is 3.96. The lowest BCUT2D eigenvalue weighted by molar-refractivity contribution is 0.0782. The molecule has 1 heterocycles. The van der Waals surface area contributed by atoms with Crippen molar-refractivity contribution < 1.29 is 9.84 Å². The average molecular weight is 182 g/mol. The molecule has 0 bridgehead atoms. The summed E-state index contributed by atoms with van der Waals surface area (Å²) in [6.07, 6.45) is 1.55. The summed E-state index contributed by atoms with van der Waals surface area (Å²) in [5, 5.41) is 9.64. The minimum absolute atomic E-state index is 0.382. The van der Waals surface area contributed by atoms with E-state index in [2.05, 4.69) is 4.98 Å². The van der Waals surface area contributed by atoms with E-state index in [0.717, 1.165) is 0 Å². The first kappa shape index (κ1) is 9.80. The maximum Gasteiger partial charge on any atom is 0.236 e. The summed E-state index contributed by atoms with van der Waals surface area (Å²) < 4.78 is 4.89. The molecule has 1 aromatic rings. The monoisotopic (exact) mass is 182 g/mol. The van der Waals surface area contributed by atoms with Crippen LogP contribution in [0.4, 0.5) is 5.69 Å². The van der Waals surface area contributed by atoms with E-state index in [9.17, 15) is 5.11 Å². The van der Waals surface area contributed by atoms with Gasteiger partial charge in [-0.15, -0.1) is 0 Å². The van der Waals surface area contributed by atoms with Gasteiger partial charge in [-0.3, -0.25) is 0 Å². The van der Waals surface area contributed by atoms with E-state index in [1.165, 1.54) is 7.11 Å². The molecule has 0 aliphatic carbocycles. The standard InChI is InChI=1S/C9H14N2O2/c1-9(2,12)6-4-7(10)8(13-3)11-5-6/h4-5,12H,10H2,1-3H3. The van der Waals surface area contributed by atoms with Crippen LogP contribution < -0.4 is 10.5 Å². The molecule has 72 valence electrons. The lowest BCUT2D eigenvalue weighted by Crippen LogP contribution is -2.16. The van der Waals surface area contributed by atoms with Crippen molar-refractivity contribution in [3.05, 3.63) is 17.8 Å². The molecule has 3 N–H and O–H groups in total. The van der Waals surface area contributed by atoms with E-state index in [0.29, 0.717) is 17.1 Å². The summed E-state index contributed by atoms with van der Waals surface area (Å²) in [5.41, 5.74) is 5.81. The fourth-order valence-electron chi connectivity index (χ4n) is 0.974. The van der Waals surface area contributed by atoms with Gasteiger partial charge in [-0.2, -0.15) is 0 Å². The van der Waals surface area contributed by atoms with Crippen LogP contribution in [-0.4, -0.2) is 17.2 Å². The number of anilines is 1. The number of pyridine rings is 1. The number of ether oxygens (including phenoxy) is 1. The highest BCUT2D eigenvalue weighted by atomic mass is 16.5. The van der Waals surface area contributed by atoms with Crippen molar-refractivity contribution in [1.29, 1.82) is 0 Å². The second-order valence-electron chi connectivity index (χ2n) is 3.38. The van der Waals surface area contributed by atoms with E-state index >= 15 is 0 Å². The van der Waals surface area contributed by atoms with Crippen LogP contribution in [0.3, 0.4) is 0 Å². The number of nitrogen functional groups attached to an aromatic ring is 1. The molecular formula is C9H14N2O2. The van der Waals surface area contributed by atoms with Gasteiger partial charge in [0.25, 0.3) is 0 Å². The van der Waals surface area contributed by atoms with E-state index < -0.39 is 5.60 Å². The van der Waals surface area contributed by atoms with Crippen LogP contribution in [0.25, 0.3) is 0 Å². The number of hydrogen-bond donors (Lipinski definition) is 2. The predicted molar refractivity (Wildman–Crippen MR) is 50.4 cm³/mol. The molecule has 0 amide bonds. The van der Waals surface area contributed by atoms with Gasteiger partial charge in [-0.25, -0.2) is 4.98 Å². The Balaban J connectivity index is 3.10. The van der Waals surface area contributed by atoms with Gasteiger partial charge >= 0.3 is 0 Å². The van der Waals surface area contributed by atoms with Gasteiger partial charge in [-0.1, -0.05) is 0 Å². The van der Waals surface area contributed by atoms with Crippen LogP contribution in [0.5, 0.6) is 5.88 Å². The van der Waals surface area contributed by atoms with Crippen molar-refractivity contribution in [2.45, 2.75) is 19.4 Å². The van der Waals surface area contributed by atoms with Crippen molar-refractivity contribution in [3.63, 3.8) is 0 Å². The molecular weight excluding hydrogens is 168 g/mol. The predicted octanol–water partition coefficient (Wildman–Crippen LogP) is 0.900. The van der Waals surface area contributed by atoms with E-state index in [1.54, 1.807) is 26.1 Å². The van der Waals surface area contributed by atoms with Crippen LogP contribution in [0.1, 0.15) is 19.4 Å². The van der Waals surface area contributed by atoms with E-state index in [1.807, 2.05) is 0 Å². The number of rotatable bonds is 2. The molecule has 0 aliphatic heterocycles.